The van der Waals surface area contributed by atoms with Crippen molar-refractivity contribution in [2.75, 3.05) is 13.2 Å². The van der Waals surface area contributed by atoms with E-state index in [9.17, 15) is 14.2 Å². The van der Waals surface area contributed by atoms with Crippen LogP contribution in [0.5, 0.6) is 0 Å². The van der Waals surface area contributed by atoms with Crippen LogP contribution in [0.15, 0.2) is 12.2 Å². The molecule has 9 nitrogen and oxygen atoms in total. The van der Waals surface area contributed by atoms with E-state index in [2.05, 4.69) is 37.4 Å². The van der Waals surface area contributed by atoms with Gasteiger partial charge >= 0.3 is 19.8 Å². The van der Waals surface area contributed by atoms with Crippen LogP contribution in [0.25, 0.3) is 0 Å². The summed E-state index contributed by atoms with van der Waals surface area (Å²) in [5.74, 6) is -0.0627. The van der Waals surface area contributed by atoms with Gasteiger partial charge in [0.1, 0.15) is 6.61 Å². The fourth-order valence-corrected chi connectivity index (χ4v) is 6.93. The fraction of sp³-hybridized carbons (Fsp3) is 0.905. The summed E-state index contributed by atoms with van der Waals surface area (Å²) in [6, 6.07) is 0. The summed E-state index contributed by atoms with van der Waals surface area (Å²) in [5.41, 5.74) is 0. The van der Waals surface area contributed by atoms with Crippen LogP contribution in [-0.2, 0) is 32.9 Å². The number of phosphoric acid groups is 1. The van der Waals surface area contributed by atoms with Crippen molar-refractivity contribution in [3.63, 3.8) is 0 Å². The monoisotopic (exact) mass is 759 g/mol. The van der Waals surface area contributed by atoms with Crippen LogP contribution in [0.1, 0.15) is 207 Å². The first kappa shape index (κ1) is 48.8. The molecule has 2 N–H and O–H groups in total. The second-order valence-electron chi connectivity index (χ2n) is 15.5. The molecule has 1 saturated heterocycles. The maximum absolute atomic E-state index is 12.4. The number of phosphoric ester groups is 1. The number of allylic oxidation sites excluding steroid dienone is 1. The molecule has 0 saturated carbocycles. The number of carbonyl (C=O) groups is 2. The highest BCUT2D eigenvalue weighted by atomic mass is 31.2. The third-order valence-corrected chi connectivity index (χ3v) is 10.4. The Hall–Kier alpha value is -1.25. The number of rotatable bonds is 38. The molecule has 0 aromatic carbocycles. The van der Waals surface area contributed by atoms with Gasteiger partial charge in [-0.25, -0.2) is 4.57 Å². The topological polar surface area (TPSA) is 132 Å². The molecule has 1 aliphatic rings. The van der Waals surface area contributed by atoms with Crippen molar-refractivity contribution >= 4 is 19.8 Å². The molecule has 1 heterocycles. The molecule has 1 rings (SSSR count). The molecule has 10 heteroatoms. The van der Waals surface area contributed by atoms with E-state index in [-0.39, 0.29) is 19.4 Å². The van der Waals surface area contributed by atoms with Gasteiger partial charge in [0.05, 0.1) is 18.8 Å². The number of ether oxygens (including phenoxy) is 3. The van der Waals surface area contributed by atoms with E-state index < -0.39 is 32.5 Å². The Kier molecular flexibility index (Phi) is 31.1. The summed E-state index contributed by atoms with van der Waals surface area (Å²) in [4.78, 5) is 42.9. The SMILES string of the molecule is CCCCCC1OC1C/C=C\CCCCCCCC(=O)OC[C@H](COP(=O)(O)O)OC(=O)CCCCCCCCCCCCCCCCCC(C)C. The minimum absolute atomic E-state index is 0.211. The van der Waals surface area contributed by atoms with Crippen molar-refractivity contribution in [3.05, 3.63) is 12.2 Å². The molecule has 0 spiro atoms. The van der Waals surface area contributed by atoms with Gasteiger partial charge in [-0.3, -0.25) is 14.1 Å². The molecule has 2 unspecified atom stereocenters. The summed E-state index contributed by atoms with van der Waals surface area (Å²) in [5, 5.41) is 0. The van der Waals surface area contributed by atoms with Gasteiger partial charge in [-0.2, -0.15) is 0 Å². The lowest BCUT2D eigenvalue weighted by Crippen LogP contribution is -2.29. The van der Waals surface area contributed by atoms with Crippen LogP contribution < -0.4 is 0 Å². The summed E-state index contributed by atoms with van der Waals surface area (Å²) in [6.07, 6.45) is 36.8. The third kappa shape index (κ3) is 33.3. The second kappa shape index (κ2) is 33.1. The van der Waals surface area contributed by atoms with Crippen LogP contribution in [-0.4, -0.2) is 53.3 Å². The third-order valence-electron chi connectivity index (χ3n) is 9.89. The highest BCUT2D eigenvalue weighted by Crippen LogP contribution is 2.36. The average Bonchev–Trinajstić information content (AvgIpc) is 3.85. The molecule has 3 atom stereocenters. The van der Waals surface area contributed by atoms with Gasteiger partial charge in [-0.05, 0) is 44.4 Å². The van der Waals surface area contributed by atoms with Gasteiger partial charge in [-0.1, -0.05) is 168 Å². The van der Waals surface area contributed by atoms with Crippen LogP contribution >= 0.6 is 7.82 Å². The molecule has 1 aliphatic heterocycles. The van der Waals surface area contributed by atoms with Crippen LogP contribution in [0.4, 0.5) is 0 Å². The molecule has 0 aliphatic carbocycles. The highest BCUT2D eigenvalue weighted by molar-refractivity contribution is 7.46. The molecular weight excluding hydrogens is 679 g/mol. The minimum atomic E-state index is -4.76. The highest BCUT2D eigenvalue weighted by Gasteiger charge is 2.36. The number of carbonyl (C=O) groups excluding carboxylic acids is 2. The molecule has 0 radical (unpaired) electrons. The molecule has 0 aromatic heterocycles. The Labute approximate surface area is 318 Å². The first-order valence-electron chi connectivity index (χ1n) is 21.5. The quantitative estimate of drug-likeness (QED) is 0.0207. The van der Waals surface area contributed by atoms with Crippen molar-refractivity contribution in [3.8, 4) is 0 Å². The molecule has 0 bridgehead atoms. The lowest BCUT2D eigenvalue weighted by atomic mass is 10.0. The zero-order valence-electron chi connectivity index (χ0n) is 33.6. The van der Waals surface area contributed by atoms with E-state index in [4.69, 9.17) is 24.0 Å². The van der Waals surface area contributed by atoms with Gasteiger partial charge in [0.25, 0.3) is 0 Å². The van der Waals surface area contributed by atoms with Gasteiger partial charge in [-0.15, -0.1) is 0 Å². The molecule has 52 heavy (non-hydrogen) atoms. The summed E-state index contributed by atoms with van der Waals surface area (Å²) < 4.78 is 32.1. The van der Waals surface area contributed by atoms with Crippen molar-refractivity contribution in [2.45, 2.75) is 225 Å². The molecule has 0 aromatic rings. The number of hydrogen-bond donors (Lipinski definition) is 2. The van der Waals surface area contributed by atoms with Gasteiger partial charge in [0, 0.05) is 12.8 Å². The number of hydrogen-bond acceptors (Lipinski definition) is 7. The maximum Gasteiger partial charge on any atom is 0.469 e. The largest absolute Gasteiger partial charge is 0.469 e. The van der Waals surface area contributed by atoms with E-state index in [1.54, 1.807) is 0 Å². The lowest BCUT2D eigenvalue weighted by molar-refractivity contribution is -0.161. The van der Waals surface area contributed by atoms with E-state index in [1.165, 1.54) is 103 Å². The molecular formula is C42H79O9P. The van der Waals surface area contributed by atoms with Crippen LogP contribution in [0.2, 0.25) is 0 Å². The molecule has 0 amide bonds. The first-order chi connectivity index (χ1) is 25.1. The van der Waals surface area contributed by atoms with E-state index in [0.29, 0.717) is 25.0 Å². The Morgan fingerprint density at radius 3 is 1.71 bits per heavy atom. The van der Waals surface area contributed by atoms with Crippen molar-refractivity contribution < 1.29 is 42.7 Å². The molecule has 1 fully saturated rings. The Morgan fingerprint density at radius 2 is 1.17 bits per heavy atom. The summed E-state index contributed by atoms with van der Waals surface area (Å²) >= 11 is 0. The number of epoxide rings is 1. The predicted octanol–water partition coefficient (Wildman–Crippen LogP) is 11.9. The summed E-state index contributed by atoms with van der Waals surface area (Å²) in [6.45, 7) is 6.00. The van der Waals surface area contributed by atoms with Crippen LogP contribution in [0.3, 0.4) is 0 Å². The van der Waals surface area contributed by atoms with Gasteiger partial charge < -0.3 is 24.0 Å². The normalized spacial score (nSPS) is 16.5. The fourth-order valence-electron chi connectivity index (χ4n) is 6.57. The zero-order valence-corrected chi connectivity index (χ0v) is 34.5. The minimum Gasteiger partial charge on any atom is -0.462 e. The van der Waals surface area contributed by atoms with Crippen molar-refractivity contribution in [1.82, 2.24) is 0 Å². The van der Waals surface area contributed by atoms with Crippen molar-refractivity contribution in [2.24, 2.45) is 5.92 Å². The Bertz CT molecular complexity index is 934. The number of unbranched alkanes of at least 4 members (excludes halogenated alkanes) is 21. The van der Waals surface area contributed by atoms with E-state index in [0.717, 1.165) is 63.7 Å². The van der Waals surface area contributed by atoms with E-state index >= 15 is 0 Å². The second-order valence-corrected chi connectivity index (χ2v) is 16.8. The number of esters is 2. The maximum atomic E-state index is 12.4. The van der Waals surface area contributed by atoms with Gasteiger partial charge in [0.15, 0.2) is 6.10 Å². The molecule has 306 valence electrons. The summed E-state index contributed by atoms with van der Waals surface area (Å²) in [7, 11) is -4.76. The van der Waals surface area contributed by atoms with Crippen LogP contribution in [0, 0.1) is 5.92 Å². The Balaban J connectivity index is 2.03. The average molecular weight is 759 g/mol. The van der Waals surface area contributed by atoms with Gasteiger partial charge in [0.2, 0.25) is 0 Å². The predicted molar refractivity (Wildman–Crippen MR) is 211 cm³/mol. The van der Waals surface area contributed by atoms with E-state index in [1.807, 2.05) is 0 Å². The smallest absolute Gasteiger partial charge is 0.462 e. The first-order valence-corrected chi connectivity index (χ1v) is 23.0. The zero-order chi connectivity index (χ0) is 38.1. The standard InChI is InChI=1S/C42H79O9P/c1-4-5-25-31-39-40(51-39)32-27-22-18-15-16-19-23-28-33-41(43)48-35-38(36-49-52(45,46)47)50-42(44)34-29-24-20-14-12-10-8-6-7-9-11-13-17-21-26-30-37(2)3/h22,27,37-40H,4-21,23-26,28-36H2,1-3H3,(H2,45,46,47)/b27-22-/t38-,39?,40?/m1/s1. The lowest BCUT2D eigenvalue weighted by Gasteiger charge is -2.18. The Morgan fingerprint density at radius 1 is 0.654 bits per heavy atom. The van der Waals surface area contributed by atoms with Crippen molar-refractivity contribution in [1.29, 1.82) is 0 Å².